The van der Waals surface area contributed by atoms with E-state index in [1.165, 1.54) is 32.7 Å². The van der Waals surface area contributed by atoms with E-state index in [9.17, 15) is 0 Å². The quantitative estimate of drug-likeness (QED) is 0.359. The molecule has 0 fully saturated rings. The normalized spacial score (nSPS) is 11.2. The maximum Gasteiger partial charge on any atom is 0.140 e. The van der Waals surface area contributed by atoms with E-state index < -0.39 is 0 Å². The van der Waals surface area contributed by atoms with Crippen molar-refractivity contribution in [1.29, 1.82) is 0 Å². The van der Waals surface area contributed by atoms with Crippen LogP contribution in [0.2, 0.25) is 0 Å². The fourth-order valence-corrected chi connectivity index (χ4v) is 3.95. The van der Waals surface area contributed by atoms with Crippen molar-refractivity contribution >= 4 is 43.9 Å². The van der Waals surface area contributed by atoms with Crippen molar-refractivity contribution in [3.05, 3.63) is 85.2 Å². The van der Waals surface area contributed by atoms with Gasteiger partial charge in [0.1, 0.15) is 5.65 Å². The van der Waals surface area contributed by atoms with Crippen molar-refractivity contribution in [2.24, 2.45) is 14.1 Å². The zero-order valence-electron chi connectivity index (χ0n) is 15.9. The standard InChI is InChI=1S/2C12H10N2/c1-14-11-7-3-2-5-9(11)10-6-4-8-13-12(10)14;1-14-10-6-3-2-5-9(10)12-11(14)7-4-8-13-12/h2*2-8H,1H3. The summed E-state index contributed by atoms with van der Waals surface area (Å²) in [5.74, 6) is 0. The van der Waals surface area contributed by atoms with Crippen LogP contribution in [-0.4, -0.2) is 19.1 Å². The smallest absolute Gasteiger partial charge is 0.140 e. The summed E-state index contributed by atoms with van der Waals surface area (Å²) in [6.07, 6.45) is 3.68. The van der Waals surface area contributed by atoms with Crippen LogP contribution in [0.3, 0.4) is 0 Å². The topological polar surface area (TPSA) is 35.6 Å². The van der Waals surface area contributed by atoms with Gasteiger partial charge in [0, 0.05) is 42.6 Å². The molecule has 0 radical (unpaired) electrons. The van der Waals surface area contributed by atoms with Gasteiger partial charge in [-0.2, -0.15) is 0 Å². The third kappa shape index (κ3) is 2.46. The van der Waals surface area contributed by atoms with Gasteiger partial charge in [0.15, 0.2) is 0 Å². The highest BCUT2D eigenvalue weighted by molar-refractivity contribution is 6.06. The molecule has 0 aliphatic rings. The van der Waals surface area contributed by atoms with Crippen molar-refractivity contribution in [2.75, 3.05) is 0 Å². The van der Waals surface area contributed by atoms with E-state index in [1.807, 2.05) is 24.5 Å². The van der Waals surface area contributed by atoms with Crippen LogP contribution in [0.5, 0.6) is 0 Å². The molecule has 0 atom stereocenters. The molecule has 0 amide bonds. The first kappa shape index (κ1) is 16.5. The molecule has 0 spiro atoms. The van der Waals surface area contributed by atoms with Crippen LogP contribution in [0.4, 0.5) is 0 Å². The van der Waals surface area contributed by atoms with Crippen molar-refractivity contribution in [1.82, 2.24) is 19.1 Å². The number of nitrogens with zero attached hydrogens (tertiary/aromatic N) is 4. The highest BCUT2D eigenvalue weighted by atomic mass is 15.0. The Bertz CT molecular complexity index is 1220. The Labute approximate surface area is 162 Å². The molecule has 4 nitrogen and oxygen atoms in total. The molecule has 0 bridgehead atoms. The molecule has 0 saturated carbocycles. The van der Waals surface area contributed by atoms with Gasteiger partial charge >= 0.3 is 0 Å². The third-order valence-corrected chi connectivity index (χ3v) is 5.33. The third-order valence-electron chi connectivity index (χ3n) is 5.33. The Morgan fingerprint density at radius 3 is 1.93 bits per heavy atom. The predicted octanol–water partition coefficient (Wildman–Crippen LogP) is 5.45. The molecule has 4 heterocycles. The van der Waals surface area contributed by atoms with Gasteiger partial charge in [-0.1, -0.05) is 36.4 Å². The van der Waals surface area contributed by atoms with Gasteiger partial charge in [0.05, 0.1) is 22.1 Å². The summed E-state index contributed by atoms with van der Waals surface area (Å²) in [7, 11) is 4.13. The van der Waals surface area contributed by atoms with E-state index in [2.05, 4.69) is 93.9 Å². The van der Waals surface area contributed by atoms with Gasteiger partial charge in [-0.25, -0.2) is 4.98 Å². The number of aromatic nitrogens is 4. The van der Waals surface area contributed by atoms with Crippen LogP contribution in [0.15, 0.2) is 85.2 Å². The predicted molar refractivity (Wildman–Crippen MR) is 116 cm³/mol. The van der Waals surface area contributed by atoms with E-state index in [4.69, 9.17) is 0 Å². The van der Waals surface area contributed by atoms with Crippen LogP contribution >= 0.6 is 0 Å². The van der Waals surface area contributed by atoms with Crippen LogP contribution in [0.25, 0.3) is 43.9 Å². The number of benzene rings is 2. The lowest BCUT2D eigenvalue weighted by Gasteiger charge is -1.95. The van der Waals surface area contributed by atoms with Crippen molar-refractivity contribution in [2.45, 2.75) is 0 Å². The van der Waals surface area contributed by atoms with E-state index in [1.54, 1.807) is 0 Å². The molecule has 2 aromatic carbocycles. The van der Waals surface area contributed by atoms with Gasteiger partial charge in [-0.3, -0.25) is 4.98 Å². The summed E-state index contributed by atoms with van der Waals surface area (Å²) < 4.78 is 4.31. The van der Waals surface area contributed by atoms with Crippen LogP contribution in [0.1, 0.15) is 0 Å². The molecule has 6 aromatic rings. The Hall–Kier alpha value is -3.66. The van der Waals surface area contributed by atoms with Gasteiger partial charge in [0.25, 0.3) is 0 Å². The summed E-state index contributed by atoms with van der Waals surface area (Å²) in [5, 5.41) is 3.73. The number of para-hydroxylation sites is 2. The molecule has 0 unspecified atom stereocenters. The lowest BCUT2D eigenvalue weighted by Crippen LogP contribution is -1.87. The lowest BCUT2D eigenvalue weighted by atomic mass is 10.2. The second-order valence-corrected chi connectivity index (χ2v) is 6.90. The van der Waals surface area contributed by atoms with Crippen LogP contribution < -0.4 is 0 Å². The maximum atomic E-state index is 4.41. The highest BCUT2D eigenvalue weighted by Crippen LogP contribution is 2.26. The van der Waals surface area contributed by atoms with Gasteiger partial charge in [-0.05, 0) is 36.4 Å². The summed E-state index contributed by atoms with van der Waals surface area (Å²) in [4.78, 5) is 8.79. The van der Waals surface area contributed by atoms with Crippen molar-refractivity contribution < 1.29 is 0 Å². The minimum absolute atomic E-state index is 1.05. The van der Waals surface area contributed by atoms with Gasteiger partial charge in [-0.15, -0.1) is 0 Å². The van der Waals surface area contributed by atoms with E-state index in [-0.39, 0.29) is 0 Å². The van der Waals surface area contributed by atoms with Gasteiger partial charge in [0.2, 0.25) is 0 Å². The van der Waals surface area contributed by atoms with E-state index in [0.717, 1.165) is 11.2 Å². The molecule has 0 saturated heterocycles. The number of fused-ring (bicyclic) bond motifs is 6. The van der Waals surface area contributed by atoms with Gasteiger partial charge < -0.3 is 9.13 Å². The maximum absolute atomic E-state index is 4.41. The van der Waals surface area contributed by atoms with E-state index >= 15 is 0 Å². The number of rotatable bonds is 0. The van der Waals surface area contributed by atoms with Crippen molar-refractivity contribution in [3.63, 3.8) is 0 Å². The number of hydrogen-bond acceptors (Lipinski definition) is 2. The fraction of sp³-hybridized carbons (Fsp3) is 0.0833. The van der Waals surface area contributed by atoms with Crippen molar-refractivity contribution in [3.8, 4) is 0 Å². The Balaban J connectivity index is 0.000000122. The molecular formula is C24H20N4. The molecule has 136 valence electrons. The molecule has 0 aliphatic heterocycles. The minimum atomic E-state index is 1.05. The van der Waals surface area contributed by atoms with Crippen LogP contribution in [-0.2, 0) is 14.1 Å². The minimum Gasteiger partial charge on any atom is -0.342 e. The Kier molecular flexibility index (Phi) is 3.83. The summed E-state index contributed by atoms with van der Waals surface area (Å²) in [5.41, 5.74) is 5.80. The first-order valence-electron chi connectivity index (χ1n) is 9.32. The average Bonchev–Trinajstić information content (AvgIpc) is 3.22. The van der Waals surface area contributed by atoms with E-state index in [0.29, 0.717) is 0 Å². The molecular weight excluding hydrogens is 344 g/mol. The Morgan fingerprint density at radius 1 is 0.536 bits per heavy atom. The summed E-state index contributed by atoms with van der Waals surface area (Å²) >= 11 is 0. The lowest BCUT2D eigenvalue weighted by molar-refractivity contribution is 0.990. The number of aryl methyl sites for hydroxylation is 2. The molecule has 0 N–H and O–H groups in total. The molecule has 28 heavy (non-hydrogen) atoms. The second-order valence-electron chi connectivity index (χ2n) is 6.90. The molecule has 4 heteroatoms. The first-order chi connectivity index (χ1) is 13.8. The summed E-state index contributed by atoms with van der Waals surface area (Å²) in [6.45, 7) is 0. The average molecular weight is 364 g/mol. The largest absolute Gasteiger partial charge is 0.342 e. The Morgan fingerprint density at radius 2 is 1.11 bits per heavy atom. The number of hydrogen-bond donors (Lipinski definition) is 0. The van der Waals surface area contributed by atoms with Crippen LogP contribution in [0, 0.1) is 0 Å². The fourth-order valence-electron chi connectivity index (χ4n) is 3.95. The highest BCUT2D eigenvalue weighted by Gasteiger charge is 2.07. The molecule has 0 aliphatic carbocycles. The zero-order valence-corrected chi connectivity index (χ0v) is 15.9. The molecule has 6 rings (SSSR count). The molecule has 4 aromatic heterocycles. The SMILES string of the molecule is Cn1c2ccccc2c2cccnc21.Cn1c2ccccc2c2ncccc21. The second kappa shape index (κ2) is 6.50. The summed E-state index contributed by atoms with van der Waals surface area (Å²) in [6, 6.07) is 24.9. The monoisotopic (exact) mass is 364 g/mol. The zero-order chi connectivity index (χ0) is 19.1. The first-order valence-corrected chi connectivity index (χ1v) is 9.32. The number of pyridine rings is 2.